The standard InChI is InChI=1S/C10H9ClFN3/c11-7-2-1-6(5-8(7)12)9-3-4-10(13)15-14-9/h1-2,5H,3-4H2,(H2,13,15). The minimum absolute atomic E-state index is 0.109. The van der Waals surface area contributed by atoms with Gasteiger partial charge < -0.3 is 5.73 Å². The van der Waals surface area contributed by atoms with Crippen LogP contribution in [0.25, 0.3) is 0 Å². The number of amidine groups is 1. The summed E-state index contributed by atoms with van der Waals surface area (Å²) >= 11 is 5.58. The average Bonchev–Trinajstić information content (AvgIpc) is 2.23. The molecule has 0 bridgehead atoms. The molecule has 1 heterocycles. The Morgan fingerprint density at radius 1 is 1.27 bits per heavy atom. The molecule has 78 valence electrons. The lowest BCUT2D eigenvalue weighted by atomic mass is 10.0. The van der Waals surface area contributed by atoms with Crippen molar-refractivity contribution in [1.29, 1.82) is 0 Å². The Morgan fingerprint density at radius 3 is 2.67 bits per heavy atom. The molecule has 2 N–H and O–H groups in total. The largest absolute Gasteiger partial charge is 0.386 e. The Hall–Kier alpha value is -1.42. The second kappa shape index (κ2) is 3.98. The summed E-state index contributed by atoms with van der Waals surface area (Å²) in [4.78, 5) is 0. The smallest absolute Gasteiger partial charge is 0.142 e. The molecule has 0 unspecified atom stereocenters. The molecule has 1 aromatic carbocycles. The van der Waals surface area contributed by atoms with Crippen molar-refractivity contribution in [2.45, 2.75) is 12.8 Å². The number of nitrogens with two attached hydrogens (primary N) is 1. The third kappa shape index (κ3) is 2.15. The lowest BCUT2D eigenvalue weighted by Gasteiger charge is -2.09. The molecule has 0 saturated heterocycles. The SMILES string of the molecule is NC1=NN=C(c2ccc(Cl)c(F)c2)CC1. The molecule has 1 aliphatic rings. The summed E-state index contributed by atoms with van der Waals surface area (Å²) < 4.78 is 13.2. The zero-order valence-corrected chi connectivity index (χ0v) is 8.63. The van der Waals surface area contributed by atoms with Gasteiger partial charge in [-0.05, 0) is 18.6 Å². The van der Waals surface area contributed by atoms with Crippen LogP contribution in [-0.4, -0.2) is 11.5 Å². The van der Waals surface area contributed by atoms with Gasteiger partial charge in [-0.2, -0.15) is 5.10 Å². The summed E-state index contributed by atoms with van der Waals surface area (Å²) in [6.45, 7) is 0. The van der Waals surface area contributed by atoms with Crippen molar-refractivity contribution in [3.8, 4) is 0 Å². The zero-order valence-electron chi connectivity index (χ0n) is 7.87. The van der Waals surface area contributed by atoms with Gasteiger partial charge in [0.25, 0.3) is 0 Å². The summed E-state index contributed by atoms with van der Waals surface area (Å²) in [7, 11) is 0. The van der Waals surface area contributed by atoms with E-state index in [-0.39, 0.29) is 5.02 Å². The summed E-state index contributed by atoms with van der Waals surface area (Å²) in [6, 6.07) is 4.59. The van der Waals surface area contributed by atoms with Crippen molar-refractivity contribution >= 4 is 23.1 Å². The minimum Gasteiger partial charge on any atom is -0.386 e. The first-order valence-electron chi connectivity index (χ1n) is 4.51. The molecule has 1 aliphatic heterocycles. The van der Waals surface area contributed by atoms with Crippen LogP contribution in [0, 0.1) is 5.82 Å². The highest BCUT2D eigenvalue weighted by molar-refractivity contribution is 6.30. The van der Waals surface area contributed by atoms with Gasteiger partial charge in [-0.3, -0.25) is 0 Å². The predicted molar refractivity (Wildman–Crippen MR) is 58.8 cm³/mol. The third-order valence-corrected chi connectivity index (χ3v) is 2.48. The molecule has 5 heteroatoms. The van der Waals surface area contributed by atoms with E-state index in [2.05, 4.69) is 10.2 Å². The molecule has 0 spiro atoms. The lowest BCUT2D eigenvalue weighted by molar-refractivity contribution is 0.628. The molecule has 0 amide bonds. The van der Waals surface area contributed by atoms with Gasteiger partial charge in [0.15, 0.2) is 0 Å². The van der Waals surface area contributed by atoms with Crippen molar-refractivity contribution in [2.24, 2.45) is 15.9 Å². The second-order valence-corrected chi connectivity index (χ2v) is 3.67. The van der Waals surface area contributed by atoms with E-state index < -0.39 is 5.82 Å². The molecule has 0 aliphatic carbocycles. The summed E-state index contributed by atoms with van der Waals surface area (Å²) in [5.74, 6) is 0.0626. The maximum Gasteiger partial charge on any atom is 0.142 e. The van der Waals surface area contributed by atoms with E-state index >= 15 is 0 Å². The fourth-order valence-electron chi connectivity index (χ4n) is 1.35. The lowest BCUT2D eigenvalue weighted by Crippen LogP contribution is -2.17. The van der Waals surface area contributed by atoms with E-state index in [1.807, 2.05) is 0 Å². The molecule has 2 rings (SSSR count). The van der Waals surface area contributed by atoms with Gasteiger partial charge in [0, 0.05) is 12.0 Å². The summed E-state index contributed by atoms with van der Waals surface area (Å²) in [6.07, 6.45) is 1.33. The van der Waals surface area contributed by atoms with Crippen molar-refractivity contribution in [3.63, 3.8) is 0 Å². The summed E-state index contributed by atoms with van der Waals surface area (Å²) in [5.41, 5.74) is 6.91. The first-order valence-corrected chi connectivity index (χ1v) is 4.89. The maximum absolute atomic E-state index is 13.2. The van der Waals surface area contributed by atoms with Gasteiger partial charge in [-0.25, -0.2) is 4.39 Å². The molecule has 15 heavy (non-hydrogen) atoms. The molecular weight excluding hydrogens is 217 g/mol. The Morgan fingerprint density at radius 2 is 2.07 bits per heavy atom. The number of halogens is 2. The van der Waals surface area contributed by atoms with Gasteiger partial charge >= 0.3 is 0 Å². The van der Waals surface area contributed by atoms with Gasteiger partial charge in [0.05, 0.1) is 10.7 Å². The van der Waals surface area contributed by atoms with E-state index in [0.717, 1.165) is 5.71 Å². The van der Waals surface area contributed by atoms with E-state index in [1.165, 1.54) is 12.1 Å². The van der Waals surface area contributed by atoms with Gasteiger partial charge in [-0.15, -0.1) is 5.10 Å². The average molecular weight is 226 g/mol. The molecular formula is C10H9ClFN3. The van der Waals surface area contributed by atoms with Crippen molar-refractivity contribution < 1.29 is 4.39 Å². The number of rotatable bonds is 1. The Bertz CT molecular complexity index is 454. The molecule has 0 fully saturated rings. The first kappa shape index (κ1) is 10.1. The normalized spacial score (nSPS) is 15.9. The number of nitrogens with zero attached hydrogens (tertiary/aromatic N) is 2. The van der Waals surface area contributed by atoms with Gasteiger partial charge in [0.2, 0.25) is 0 Å². The van der Waals surface area contributed by atoms with Crippen LogP contribution in [0.15, 0.2) is 28.4 Å². The van der Waals surface area contributed by atoms with Crippen LogP contribution in [-0.2, 0) is 0 Å². The van der Waals surface area contributed by atoms with Gasteiger partial charge in [0.1, 0.15) is 11.7 Å². The second-order valence-electron chi connectivity index (χ2n) is 3.27. The van der Waals surface area contributed by atoms with E-state index in [4.69, 9.17) is 17.3 Å². The Balaban J connectivity index is 2.35. The maximum atomic E-state index is 13.2. The quantitative estimate of drug-likeness (QED) is 0.784. The van der Waals surface area contributed by atoms with Crippen LogP contribution in [0.1, 0.15) is 18.4 Å². The van der Waals surface area contributed by atoms with Crippen LogP contribution < -0.4 is 5.73 Å². The van der Waals surface area contributed by atoms with Crippen molar-refractivity contribution in [3.05, 3.63) is 34.6 Å². The molecule has 0 saturated carbocycles. The van der Waals surface area contributed by atoms with Crippen LogP contribution >= 0.6 is 11.6 Å². The van der Waals surface area contributed by atoms with E-state index in [1.54, 1.807) is 6.07 Å². The van der Waals surface area contributed by atoms with Crippen molar-refractivity contribution in [2.75, 3.05) is 0 Å². The molecule has 3 nitrogen and oxygen atoms in total. The number of benzene rings is 1. The molecule has 0 aromatic heterocycles. The topological polar surface area (TPSA) is 50.7 Å². The fourth-order valence-corrected chi connectivity index (χ4v) is 1.47. The van der Waals surface area contributed by atoms with Crippen LogP contribution in [0.4, 0.5) is 4.39 Å². The van der Waals surface area contributed by atoms with Crippen LogP contribution in [0.5, 0.6) is 0 Å². The highest BCUT2D eigenvalue weighted by Crippen LogP contribution is 2.18. The predicted octanol–water partition coefficient (Wildman–Crippen LogP) is 2.33. The fraction of sp³-hybridized carbons (Fsp3) is 0.200. The Labute approximate surface area is 91.5 Å². The first-order chi connectivity index (χ1) is 7.16. The monoisotopic (exact) mass is 225 g/mol. The molecule has 0 radical (unpaired) electrons. The van der Waals surface area contributed by atoms with Crippen LogP contribution in [0.2, 0.25) is 5.02 Å². The van der Waals surface area contributed by atoms with Crippen molar-refractivity contribution in [1.82, 2.24) is 0 Å². The highest BCUT2D eigenvalue weighted by atomic mass is 35.5. The number of hydrogen-bond acceptors (Lipinski definition) is 3. The minimum atomic E-state index is -0.445. The van der Waals surface area contributed by atoms with E-state index in [9.17, 15) is 4.39 Å². The van der Waals surface area contributed by atoms with E-state index in [0.29, 0.717) is 24.2 Å². The third-order valence-electron chi connectivity index (χ3n) is 2.17. The Kier molecular flexibility index (Phi) is 2.68. The van der Waals surface area contributed by atoms with Crippen LogP contribution in [0.3, 0.4) is 0 Å². The molecule has 1 aromatic rings. The molecule has 0 atom stereocenters. The highest BCUT2D eigenvalue weighted by Gasteiger charge is 2.11. The summed E-state index contributed by atoms with van der Waals surface area (Å²) in [5, 5.41) is 7.80. The number of hydrogen-bond donors (Lipinski definition) is 1. The van der Waals surface area contributed by atoms with Gasteiger partial charge in [-0.1, -0.05) is 17.7 Å². The zero-order chi connectivity index (χ0) is 10.8.